The number of hydrogen-bond acceptors (Lipinski definition) is 5. The molecule has 0 aromatic heterocycles. The van der Waals surface area contributed by atoms with Crippen molar-refractivity contribution in [3.63, 3.8) is 0 Å². The predicted octanol–water partition coefficient (Wildman–Crippen LogP) is 5.34. The number of aromatic carboxylic acids is 1. The van der Waals surface area contributed by atoms with Crippen molar-refractivity contribution >= 4 is 28.3 Å². The average Bonchev–Trinajstić information content (AvgIpc) is 2.85. The van der Waals surface area contributed by atoms with E-state index in [1.165, 1.54) is 6.07 Å². The number of aliphatic hydroxyl groups excluding tert-OH is 1. The molecule has 0 radical (unpaired) electrons. The minimum absolute atomic E-state index is 0.0240. The van der Waals surface area contributed by atoms with Crippen LogP contribution in [0.2, 0.25) is 0 Å². The first-order chi connectivity index (χ1) is 16.5. The highest BCUT2D eigenvalue weighted by molar-refractivity contribution is 6.07. The zero-order chi connectivity index (χ0) is 23.9. The van der Waals surface area contributed by atoms with Crippen molar-refractivity contribution in [2.45, 2.75) is 6.42 Å². The quantitative estimate of drug-likeness (QED) is 0.293. The van der Waals surface area contributed by atoms with E-state index in [1.807, 2.05) is 36.4 Å². The lowest BCUT2D eigenvalue weighted by atomic mass is 10.1. The summed E-state index contributed by atoms with van der Waals surface area (Å²) < 4.78 is 11.5. The molecule has 0 aliphatic carbocycles. The van der Waals surface area contributed by atoms with Gasteiger partial charge in [-0.3, -0.25) is 4.79 Å². The lowest BCUT2D eigenvalue weighted by Gasteiger charge is -2.10. The zero-order valence-corrected chi connectivity index (χ0v) is 18.2. The van der Waals surface area contributed by atoms with Crippen LogP contribution in [-0.2, 0) is 0 Å². The number of rotatable bonds is 9. The number of aliphatic hydroxyl groups is 1. The Morgan fingerprint density at radius 1 is 0.794 bits per heavy atom. The summed E-state index contributed by atoms with van der Waals surface area (Å²) in [6.07, 6.45) is 0.584. The van der Waals surface area contributed by atoms with Crippen LogP contribution in [0.15, 0.2) is 84.9 Å². The Bertz CT molecular complexity index is 1320. The second-order valence-corrected chi connectivity index (χ2v) is 7.53. The number of carboxylic acid groups (broad SMARTS) is 1. The molecule has 1 amide bonds. The Morgan fingerprint density at radius 3 is 2.15 bits per heavy atom. The van der Waals surface area contributed by atoms with Gasteiger partial charge in [0, 0.05) is 18.6 Å². The molecule has 172 valence electrons. The number of carboxylic acids is 1. The number of carbonyl (C=O) groups excluding carboxylic acids is 1. The smallest absolute Gasteiger partial charge is 0.337 e. The highest BCUT2D eigenvalue weighted by Crippen LogP contribution is 2.28. The minimum atomic E-state index is -1.11. The number of fused-ring (bicyclic) bond motifs is 1. The molecule has 0 fully saturated rings. The van der Waals surface area contributed by atoms with Crippen molar-refractivity contribution in [3.05, 3.63) is 96.1 Å². The summed E-state index contributed by atoms with van der Waals surface area (Å²) in [7, 11) is 0. The van der Waals surface area contributed by atoms with E-state index < -0.39 is 11.9 Å². The standard InChI is InChI=1S/C27H23NO6/c29-14-3-15-33-22-12-8-20-17-23(13-9-19(20)16-22)34-21-10-6-18(7-11-21)26(30)28-25-5-2-1-4-24(25)27(31)32/h1-2,4-13,16-17,29H,3,14-15H2,(H,28,30)(H,31,32). The summed E-state index contributed by atoms with van der Waals surface area (Å²) in [5, 5.41) is 22.8. The largest absolute Gasteiger partial charge is 0.493 e. The third kappa shape index (κ3) is 5.51. The summed E-state index contributed by atoms with van der Waals surface area (Å²) in [5.74, 6) is 0.428. The maximum atomic E-state index is 12.5. The lowest BCUT2D eigenvalue weighted by Crippen LogP contribution is -2.14. The number of amides is 1. The maximum Gasteiger partial charge on any atom is 0.337 e. The van der Waals surface area contributed by atoms with E-state index in [1.54, 1.807) is 42.5 Å². The summed E-state index contributed by atoms with van der Waals surface area (Å²) >= 11 is 0. The molecule has 0 saturated heterocycles. The molecule has 7 heteroatoms. The van der Waals surface area contributed by atoms with Gasteiger partial charge in [0.05, 0.1) is 17.9 Å². The fraction of sp³-hybridized carbons (Fsp3) is 0.111. The summed E-state index contributed by atoms with van der Waals surface area (Å²) in [5.41, 5.74) is 0.633. The number of benzene rings is 4. The van der Waals surface area contributed by atoms with Gasteiger partial charge in [0.1, 0.15) is 17.2 Å². The fourth-order valence-electron chi connectivity index (χ4n) is 3.39. The summed E-state index contributed by atoms with van der Waals surface area (Å²) in [6, 6.07) is 24.3. The van der Waals surface area contributed by atoms with Crippen molar-refractivity contribution in [2.24, 2.45) is 0 Å². The Balaban J connectivity index is 1.42. The van der Waals surface area contributed by atoms with Crippen LogP contribution in [0, 0.1) is 0 Å². The third-order valence-corrected chi connectivity index (χ3v) is 5.11. The van der Waals surface area contributed by atoms with Crippen molar-refractivity contribution in [1.82, 2.24) is 0 Å². The minimum Gasteiger partial charge on any atom is -0.493 e. The molecule has 4 rings (SSSR count). The van der Waals surface area contributed by atoms with Crippen molar-refractivity contribution in [3.8, 4) is 17.2 Å². The predicted molar refractivity (Wildman–Crippen MR) is 129 cm³/mol. The van der Waals surface area contributed by atoms with Crippen LogP contribution in [0.25, 0.3) is 10.8 Å². The number of anilines is 1. The molecule has 0 bridgehead atoms. The molecule has 0 aliphatic rings. The molecule has 4 aromatic rings. The Kier molecular flexibility index (Phi) is 7.05. The van der Waals surface area contributed by atoms with Gasteiger partial charge < -0.3 is 25.0 Å². The van der Waals surface area contributed by atoms with Crippen LogP contribution in [0.3, 0.4) is 0 Å². The maximum absolute atomic E-state index is 12.5. The second kappa shape index (κ2) is 10.5. The van der Waals surface area contributed by atoms with E-state index in [0.717, 1.165) is 16.5 Å². The van der Waals surface area contributed by atoms with Crippen LogP contribution in [-0.4, -0.2) is 35.3 Å². The molecular formula is C27H23NO6. The van der Waals surface area contributed by atoms with Crippen LogP contribution < -0.4 is 14.8 Å². The third-order valence-electron chi connectivity index (χ3n) is 5.11. The molecule has 0 unspecified atom stereocenters. The van der Waals surface area contributed by atoms with Gasteiger partial charge in [-0.15, -0.1) is 0 Å². The monoisotopic (exact) mass is 457 g/mol. The van der Waals surface area contributed by atoms with Gasteiger partial charge in [0.15, 0.2) is 0 Å². The summed E-state index contributed by atoms with van der Waals surface area (Å²) in [4.78, 5) is 23.9. The molecule has 0 spiro atoms. The normalized spacial score (nSPS) is 10.6. The average molecular weight is 457 g/mol. The van der Waals surface area contributed by atoms with Gasteiger partial charge in [-0.1, -0.05) is 24.3 Å². The van der Waals surface area contributed by atoms with Crippen molar-refractivity contribution < 1.29 is 29.3 Å². The molecule has 0 saturated carbocycles. The van der Waals surface area contributed by atoms with E-state index in [-0.39, 0.29) is 17.9 Å². The first kappa shape index (κ1) is 22.8. The Morgan fingerprint density at radius 2 is 1.44 bits per heavy atom. The number of hydrogen-bond donors (Lipinski definition) is 3. The molecule has 0 aliphatic heterocycles. The Labute approximate surface area is 196 Å². The number of carbonyl (C=O) groups is 2. The number of ether oxygens (including phenoxy) is 2. The van der Waals surface area contributed by atoms with Crippen LogP contribution >= 0.6 is 0 Å². The van der Waals surface area contributed by atoms with E-state index in [2.05, 4.69) is 5.32 Å². The van der Waals surface area contributed by atoms with Gasteiger partial charge in [-0.2, -0.15) is 0 Å². The van der Waals surface area contributed by atoms with Crippen molar-refractivity contribution in [2.75, 3.05) is 18.5 Å². The molecule has 0 heterocycles. The molecule has 3 N–H and O–H groups in total. The Hall–Kier alpha value is -4.36. The van der Waals surface area contributed by atoms with Gasteiger partial charge in [0.25, 0.3) is 5.91 Å². The first-order valence-electron chi connectivity index (χ1n) is 10.7. The first-order valence-corrected chi connectivity index (χ1v) is 10.7. The van der Waals surface area contributed by atoms with E-state index in [4.69, 9.17) is 14.6 Å². The highest BCUT2D eigenvalue weighted by atomic mass is 16.5. The van der Waals surface area contributed by atoms with E-state index in [9.17, 15) is 14.7 Å². The van der Waals surface area contributed by atoms with Gasteiger partial charge in [-0.05, 0) is 71.4 Å². The second-order valence-electron chi connectivity index (χ2n) is 7.53. The fourth-order valence-corrected chi connectivity index (χ4v) is 3.39. The van der Waals surface area contributed by atoms with Crippen LogP contribution in [0.5, 0.6) is 17.2 Å². The number of para-hydroxylation sites is 1. The summed E-state index contributed by atoms with van der Waals surface area (Å²) in [6.45, 7) is 0.557. The molecule has 7 nitrogen and oxygen atoms in total. The lowest BCUT2D eigenvalue weighted by molar-refractivity contribution is 0.0698. The highest BCUT2D eigenvalue weighted by Gasteiger charge is 2.13. The van der Waals surface area contributed by atoms with Gasteiger partial charge in [0.2, 0.25) is 0 Å². The van der Waals surface area contributed by atoms with Gasteiger partial charge in [-0.25, -0.2) is 4.79 Å². The molecule has 4 aromatic carbocycles. The van der Waals surface area contributed by atoms with E-state index >= 15 is 0 Å². The molecule has 34 heavy (non-hydrogen) atoms. The zero-order valence-electron chi connectivity index (χ0n) is 18.2. The molecule has 0 atom stereocenters. The molecular weight excluding hydrogens is 434 g/mol. The van der Waals surface area contributed by atoms with Crippen molar-refractivity contribution in [1.29, 1.82) is 0 Å². The SMILES string of the molecule is O=C(Nc1ccccc1C(=O)O)c1ccc(Oc2ccc3cc(OCCCO)ccc3c2)cc1. The number of nitrogens with one attached hydrogen (secondary N) is 1. The topological polar surface area (TPSA) is 105 Å². The van der Waals surface area contributed by atoms with Crippen LogP contribution in [0.4, 0.5) is 5.69 Å². The van der Waals surface area contributed by atoms with Crippen LogP contribution in [0.1, 0.15) is 27.1 Å². The van der Waals surface area contributed by atoms with E-state index in [0.29, 0.717) is 30.1 Å². The van der Waals surface area contributed by atoms with Gasteiger partial charge >= 0.3 is 5.97 Å².